The second-order valence-corrected chi connectivity index (χ2v) is 5.70. The van der Waals surface area contributed by atoms with Crippen LogP contribution in [-0.2, 0) is 6.42 Å². The van der Waals surface area contributed by atoms with Gasteiger partial charge in [-0.2, -0.15) is 0 Å². The summed E-state index contributed by atoms with van der Waals surface area (Å²) < 4.78 is 13.5. The Balaban J connectivity index is 1.71. The lowest BCUT2D eigenvalue weighted by atomic mass is 10.1. The molecule has 1 heterocycles. The zero-order chi connectivity index (χ0) is 17.1. The number of hydrogen-bond acceptors (Lipinski definition) is 2. The molecule has 5 heteroatoms. The Morgan fingerprint density at radius 2 is 1.96 bits per heavy atom. The van der Waals surface area contributed by atoms with Gasteiger partial charge in [0.2, 0.25) is 0 Å². The zero-order valence-electron chi connectivity index (χ0n) is 13.2. The van der Waals surface area contributed by atoms with Gasteiger partial charge in [0.1, 0.15) is 5.82 Å². The number of benzene rings is 2. The highest BCUT2D eigenvalue weighted by atomic mass is 19.1. The third-order valence-electron chi connectivity index (χ3n) is 3.88. The Morgan fingerprint density at radius 3 is 2.75 bits per heavy atom. The number of hydrogen-bond donors (Lipinski definition) is 2. The van der Waals surface area contributed by atoms with Crippen LogP contribution in [0.25, 0.3) is 10.9 Å². The molecule has 4 nitrogen and oxygen atoms in total. The fourth-order valence-corrected chi connectivity index (χ4v) is 2.60. The van der Waals surface area contributed by atoms with Gasteiger partial charge in [0.05, 0.1) is 5.56 Å². The summed E-state index contributed by atoms with van der Waals surface area (Å²) in [6.45, 7) is 2.22. The van der Waals surface area contributed by atoms with Gasteiger partial charge in [0.15, 0.2) is 0 Å². The monoisotopic (exact) mass is 324 g/mol. The largest absolute Gasteiger partial charge is 0.352 e. The number of pyridine rings is 1. The van der Waals surface area contributed by atoms with E-state index in [1.807, 2.05) is 31.2 Å². The molecule has 3 rings (SSSR count). The Kier molecular flexibility index (Phi) is 4.42. The summed E-state index contributed by atoms with van der Waals surface area (Å²) in [4.78, 5) is 26.9. The van der Waals surface area contributed by atoms with Crippen LogP contribution >= 0.6 is 0 Å². The molecule has 2 aromatic carbocycles. The number of nitrogens with one attached hydrogen (secondary N) is 2. The van der Waals surface area contributed by atoms with Crippen LogP contribution in [0.4, 0.5) is 4.39 Å². The van der Waals surface area contributed by atoms with Gasteiger partial charge in [-0.05, 0) is 48.6 Å². The van der Waals surface area contributed by atoms with Gasteiger partial charge in [-0.1, -0.05) is 24.3 Å². The maximum absolute atomic E-state index is 13.5. The van der Waals surface area contributed by atoms with Gasteiger partial charge in [0.25, 0.3) is 11.5 Å². The molecule has 0 unspecified atom stereocenters. The van der Waals surface area contributed by atoms with Crippen LogP contribution in [0.3, 0.4) is 0 Å². The van der Waals surface area contributed by atoms with Gasteiger partial charge < -0.3 is 10.3 Å². The van der Waals surface area contributed by atoms with E-state index in [0.717, 1.165) is 16.5 Å². The van der Waals surface area contributed by atoms with E-state index in [1.165, 1.54) is 18.2 Å². The van der Waals surface area contributed by atoms with Gasteiger partial charge >= 0.3 is 0 Å². The SMILES string of the molecule is Cc1ccc2cc(CCNC(=O)c3ccccc3F)c(=O)[nH]c2c1. The van der Waals surface area contributed by atoms with Crippen LogP contribution in [0.5, 0.6) is 0 Å². The Hall–Kier alpha value is -2.95. The standard InChI is InChI=1S/C19H17FN2O2/c1-12-6-7-13-11-14(18(23)22-17(13)10-12)8-9-21-19(24)15-4-2-3-5-16(15)20/h2-7,10-11H,8-9H2,1H3,(H,21,24)(H,22,23). The Morgan fingerprint density at radius 1 is 1.17 bits per heavy atom. The minimum Gasteiger partial charge on any atom is -0.352 e. The van der Waals surface area contributed by atoms with Gasteiger partial charge in [0, 0.05) is 17.6 Å². The summed E-state index contributed by atoms with van der Waals surface area (Å²) in [6, 6.07) is 13.5. The zero-order valence-corrected chi connectivity index (χ0v) is 13.2. The molecule has 1 amide bonds. The molecule has 0 aliphatic carbocycles. The van der Waals surface area contributed by atoms with E-state index in [1.54, 1.807) is 6.07 Å². The summed E-state index contributed by atoms with van der Waals surface area (Å²) in [5.74, 6) is -1.05. The van der Waals surface area contributed by atoms with Gasteiger partial charge in [-0.25, -0.2) is 4.39 Å². The average Bonchev–Trinajstić information content (AvgIpc) is 2.55. The summed E-state index contributed by atoms with van der Waals surface area (Å²) in [6.07, 6.45) is 0.374. The molecule has 0 bridgehead atoms. The normalized spacial score (nSPS) is 10.8. The van der Waals surface area contributed by atoms with Crippen molar-refractivity contribution in [2.24, 2.45) is 0 Å². The molecule has 0 aliphatic heterocycles. The lowest BCUT2D eigenvalue weighted by Crippen LogP contribution is -2.28. The molecule has 0 aliphatic rings. The third-order valence-corrected chi connectivity index (χ3v) is 3.88. The predicted octanol–water partition coefficient (Wildman–Crippen LogP) is 2.95. The van der Waals surface area contributed by atoms with Crippen molar-refractivity contribution >= 4 is 16.8 Å². The molecule has 0 saturated carbocycles. The van der Waals surface area contributed by atoms with Crippen molar-refractivity contribution in [3.8, 4) is 0 Å². The Bertz CT molecular complexity index is 963. The third kappa shape index (κ3) is 3.35. The minimum atomic E-state index is -0.561. The fraction of sp³-hybridized carbons (Fsp3) is 0.158. The highest BCUT2D eigenvalue weighted by Gasteiger charge is 2.10. The molecule has 24 heavy (non-hydrogen) atoms. The number of aromatic amines is 1. The first-order chi connectivity index (χ1) is 11.5. The van der Waals surface area contributed by atoms with Crippen molar-refractivity contribution in [3.63, 3.8) is 0 Å². The molecule has 3 aromatic rings. The molecule has 0 spiro atoms. The molecule has 0 radical (unpaired) electrons. The van der Waals surface area contributed by atoms with Crippen LogP contribution in [-0.4, -0.2) is 17.4 Å². The van der Waals surface area contributed by atoms with E-state index in [9.17, 15) is 14.0 Å². The van der Waals surface area contributed by atoms with Crippen molar-refractivity contribution < 1.29 is 9.18 Å². The number of amides is 1. The fourth-order valence-electron chi connectivity index (χ4n) is 2.60. The van der Waals surface area contributed by atoms with Gasteiger partial charge in [-0.15, -0.1) is 0 Å². The van der Waals surface area contributed by atoms with Crippen molar-refractivity contribution in [2.75, 3.05) is 6.54 Å². The lowest BCUT2D eigenvalue weighted by Gasteiger charge is -2.07. The number of carbonyl (C=O) groups excluding carboxylic acids is 1. The first kappa shape index (κ1) is 15.9. The quantitative estimate of drug-likeness (QED) is 0.775. The maximum Gasteiger partial charge on any atom is 0.254 e. The molecule has 122 valence electrons. The molecule has 0 atom stereocenters. The second-order valence-electron chi connectivity index (χ2n) is 5.70. The van der Waals surface area contributed by atoms with E-state index in [4.69, 9.17) is 0 Å². The maximum atomic E-state index is 13.5. The number of H-pyrrole nitrogens is 1. The predicted molar refractivity (Wildman–Crippen MR) is 91.7 cm³/mol. The van der Waals surface area contributed by atoms with Gasteiger partial charge in [-0.3, -0.25) is 9.59 Å². The highest BCUT2D eigenvalue weighted by molar-refractivity contribution is 5.94. The van der Waals surface area contributed by atoms with Crippen LogP contribution in [0.1, 0.15) is 21.5 Å². The number of fused-ring (bicyclic) bond motifs is 1. The molecular weight excluding hydrogens is 307 g/mol. The van der Waals surface area contributed by atoms with Crippen molar-refractivity contribution in [1.82, 2.24) is 10.3 Å². The topological polar surface area (TPSA) is 62.0 Å². The Labute approximate surface area is 138 Å². The van der Waals surface area contributed by atoms with E-state index in [0.29, 0.717) is 12.0 Å². The first-order valence-corrected chi connectivity index (χ1v) is 7.70. The highest BCUT2D eigenvalue weighted by Crippen LogP contribution is 2.13. The molecular formula is C19H17FN2O2. The number of aromatic nitrogens is 1. The van der Waals surface area contributed by atoms with E-state index < -0.39 is 11.7 Å². The van der Waals surface area contributed by atoms with E-state index in [2.05, 4.69) is 10.3 Å². The number of halogens is 1. The van der Waals surface area contributed by atoms with Crippen molar-refractivity contribution in [1.29, 1.82) is 0 Å². The summed E-state index contributed by atoms with van der Waals surface area (Å²) in [7, 11) is 0. The van der Waals surface area contributed by atoms with E-state index in [-0.39, 0.29) is 17.7 Å². The number of carbonyl (C=O) groups is 1. The second kappa shape index (κ2) is 6.66. The smallest absolute Gasteiger partial charge is 0.254 e. The first-order valence-electron chi connectivity index (χ1n) is 7.70. The number of aryl methyl sites for hydroxylation is 1. The molecule has 0 saturated heterocycles. The summed E-state index contributed by atoms with van der Waals surface area (Å²) in [5.41, 5.74) is 2.27. The molecule has 2 N–H and O–H groups in total. The molecule has 1 aromatic heterocycles. The van der Waals surface area contributed by atoms with Crippen LogP contribution < -0.4 is 10.9 Å². The van der Waals surface area contributed by atoms with Crippen LogP contribution in [0.2, 0.25) is 0 Å². The van der Waals surface area contributed by atoms with E-state index >= 15 is 0 Å². The lowest BCUT2D eigenvalue weighted by molar-refractivity contribution is 0.0950. The molecule has 0 fully saturated rings. The van der Waals surface area contributed by atoms with Crippen LogP contribution in [0.15, 0.2) is 53.3 Å². The van der Waals surface area contributed by atoms with Crippen LogP contribution in [0, 0.1) is 12.7 Å². The minimum absolute atomic E-state index is 0.000367. The summed E-state index contributed by atoms with van der Waals surface area (Å²) >= 11 is 0. The summed E-state index contributed by atoms with van der Waals surface area (Å²) in [5, 5.41) is 3.58. The average molecular weight is 324 g/mol. The van der Waals surface area contributed by atoms with Crippen molar-refractivity contribution in [3.05, 3.63) is 81.4 Å². The van der Waals surface area contributed by atoms with Crippen molar-refractivity contribution in [2.45, 2.75) is 13.3 Å². The number of rotatable bonds is 4.